The molecular formula is C14H17N3O3S. The Morgan fingerprint density at radius 3 is 2.81 bits per heavy atom. The van der Waals surface area contributed by atoms with Crippen molar-refractivity contribution in [2.24, 2.45) is 0 Å². The van der Waals surface area contributed by atoms with Gasteiger partial charge in [0.25, 0.3) is 0 Å². The third kappa shape index (κ3) is 4.09. The van der Waals surface area contributed by atoms with Crippen LogP contribution < -0.4 is 20.5 Å². The van der Waals surface area contributed by atoms with Gasteiger partial charge < -0.3 is 20.5 Å². The second-order valence-electron chi connectivity index (χ2n) is 4.31. The zero-order chi connectivity index (χ0) is 15.2. The molecule has 0 fully saturated rings. The fourth-order valence-electron chi connectivity index (χ4n) is 1.84. The summed E-state index contributed by atoms with van der Waals surface area (Å²) >= 11 is 1.32. The number of nitrogen functional groups attached to an aromatic ring is 1. The van der Waals surface area contributed by atoms with E-state index < -0.39 is 0 Å². The highest BCUT2D eigenvalue weighted by Gasteiger charge is 2.09. The number of ether oxygens (including phenoxy) is 2. The number of methoxy groups -OCH3 is 2. The number of rotatable bonds is 6. The van der Waals surface area contributed by atoms with Gasteiger partial charge in [0.2, 0.25) is 5.91 Å². The lowest BCUT2D eigenvalue weighted by atomic mass is 10.2. The first-order valence-electron chi connectivity index (χ1n) is 6.30. The molecule has 0 spiro atoms. The van der Waals surface area contributed by atoms with Crippen molar-refractivity contribution in [2.45, 2.75) is 13.0 Å². The second-order valence-corrected chi connectivity index (χ2v) is 5.20. The second kappa shape index (κ2) is 6.94. The van der Waals surface area contributed by atoms with E-state index in [2.05, 4.69) is 10.3 Å². The van der Waals surface area contributed by atoms with Gasteiger partial charge in [0, 0.05) is 17.5 Å². The third-order valence-corrected chi connectivity index (χ3v) is 3.60. The molecule has 21 heavy (non-hydrogen) atoms. The number of nitrogens with two attached hydrogens (primary N) is 1. The highest BCUT2D eigenvalue weighted by Crippen LogP contribution is 2.23. The molecule has 0 atom stereocenters. The number of amides is 1. The van der Waals surface area contributed by atoms with E-state index in [1.165, 1.54) is 11.3 Å². The molecule has 1 aromatic heterocycles. The molecule has 0 radical (unpaired) electrons. The van der Waals surface area contributed by atoms with Crippen molar-refractivity contribution in [3.63, 3.8) is 0 Å². The summed E-state index contributed by atoms with van der Waals surface area (Å²) in [5.41, 5.74) is 7.06. The molecule has 0 saturated heterocycles. The first-order chi connectivity index (χ1) is 10.1. The van der Waals surface area contributed by atoms with Crippen LogP contribution in [0.4, 0.5) is 5.13 Å². The summed E-state index contributed by atoms with van der Waals surface area (Å²) in [7, 11) is 3.18. The van der Waals surface area contributed by atoms with Gasteiger partial charge >= 0.3 is 0 Å². The maximum atomic E-state index is 11.9. The molecule has 0 bridgehead atoms. The minimum absolute atomic E-state index is 0.120. The number of anilines is 1. The summed E-state index contributed by atoms with van der Waals surface area (Å²) in [5, 5.41) is 5.08. The fourth-order valence-corrected chi connectivity index (χ4v) is 2.41. The molecule has 1 heterocycles. The Morgan fingerprint density at radius 2 is 2.19 bits per heavy atom. The number of thiazole rings is 1. The number of carbonyl (C=O) groups excluding carboxylic acids is 1. The fraction of sp³-hybridized carbons (Fsp3) is 0.286. The van der Waals surface area contributed by atoms with Crippen LogP contribution in [0.15, 0.2) is 23.6 Å². The lowest BCUT2D eigenvalue weighted by Gasteiger charge is -2.11. The van der Waals surface area contributed by atoms with Crippen molar-refractivity contribution in [3.8, 4) is 11.5 Å². The predicted molar refractivity (Wildman–Crippen MR) is 81.6 cm³/mol. The summed E-state index contributed by atoms with van der Waals surface area (Å²) < 4.78 is 10.4. The maximum absolute atomic E-state index is 11.9. The van der Waals surface area contributed by atoms with Gasteiger partial charge in [-0.15, -0.1) is 11.3 Å². The van der Waals surface area contributed by atoms with Crippen LogP contribution >= 0.6 is 11.3 Å². The van der Waals surface area contributed by atoms with Gasteiger partial charge in [-0.3, -0.25) is 4.79 Å². The molecule has 6 nitrogen and oxygen atoms in total. The molecule has 1 amide bonds. The van der Waals surface area contributed by atoms with Crippen LogP contribution in [0.5, 0.6) is 11.5 Å². The average molecular weight is 307 g/mol. The lowest BCUT2D eigenvalue weighted by Crippen LogP contribution is -2.25. The van der Waals surface area contributed by atoms with Crippen molar-refractivity contribution in [1.29, 1.82) is 0 Å². The van der Waals surface area contributed by atoms with E-state index in [0.717, 1.165) is 5.56 Å². The number of hydrogen-bond acceptors (Lipinski definition) is 6. The van der Waals surface area contributed by atoms with E-state index >= 15 is 0 Å². The van der Waals surface area contributed by atoms with Crippen molar-refractivity contribution in [3.05, 3.63) is 34.8 Å². The van der Waals surface area contributed by atoms with Crippen LogP contribution in [0.2, 0.25) is 0 Å². The minimum atomic E-state index is -0.120. The van der Waals surface area contributed by atoms with E-state index in [-0.39, 0.29) is 12.3 Å². The van der Waals surface area contributed by atoms with Crippen molar-refractivity contribution < 1.29 is 14.3 Å². The molecule has 0 aliphatic rings. The Kier molecular flexibility index (Phi) is 4.99. The number of nitrogens with zero attached hydrogens (tertiary/aromatic N) is 1. The monoisotopic (exact) mass is 307 g/mol. The molecule has 0 saturated carbocycles. The van der Waals surface area contributed by atoms with E-state index in [9.17, 15) is 4.79 Å². The lowest BCUT2D eigenvalue weighted by molar-refractivity contribution is -0.120. The molecule has 3 N–H and O–H groups in total. The Balaban J connectivity index is 1.97. The zero-order valence-electron chi connectivity index (χ0n) is 11.9. The SMILES string of the molecule is COc1ccc(OC)c(CNC(=O)Cc2csc(N)n2)c1. The minimum Gasteiger partial charge on any atom is -0.497 e. The Morgan fingerprint density at radius 1 is 1.38 bits per heavy atom. The molecule has 0 aliphatic heterocycles. The van der Waals surface area contributed by atoms with E-state index in [4.69, 9.17) is 15.2 Å². The van der Waals surface area contributed by atoms with Crippen LogP contribution in [-0.4, -0.2) is 25.1 Å². The van der Waals surface area contributed by atoms with Gasteiger partial charge in [0.05, 0.1) is 26.3 Å². The summed E-state index contributed by atoms with van der Waals surface area (Å²) in [6, 6.07) is 5.45. The van der Waals surface area contributed by atoms with Crippen LogP contribution in [0.25, 0.3) is 0 Å². The van der Waals surface area contributed by atoms with E-state index in [1.807, 2.05) is 12.1 Å². The average Bonchev–Trinajstić information content (AvgIpc) is 2.89. The predicted octanol–water partition coefficient (Wildman–Crippen LogP) is 1.60. The highest BCUT2D eigenvalue weighted by molar-refractivity contribution is 7.13. The molecule has 0 aliphatic carbocycles. The molecule has 2 aromatic rings. The standard InChI is InChI=1S/C14H17N3O3S/c1-19-11-3-4-12(20-2)9(5-11)7-16-13(18)6-10-8-21-14(15)17-10/h3-5,8H,6-7H2,1-2H3,(H2,15,17)(H,16,18). The largest absolute Gasteiger partial charge is 0.497 e. The Bertz CT molecular complexity index is 628. The molecule has 2 rings (SSSR count). The van der Waals surface area contributed by atoms with Crippen LogP contribution in [0.1, 0.15) is 11.3 Å². The Hall–Kier alpha value is -2.28. The first kappa shape index (κ1) is 15.1. The normalized spacial score (nSPS) is 10.2. The van der Waals surface area contributed by atoms with Gasteiger partial charge in [0.1, 0.15) is 11.5 Å². The summed E-state index contributed by atoms with van der Waals surface area (Å²) in [6.45, 7) is 0.360. The third-order valence-electron chi connectivity index (χ3n) is 2.87. The number of aromatic nitrogens is 1. The summed E-state index contributed by atoms with van der Waals surface area (Å²) in [6.07, 6.45) is 0.208. The summed E-state index contributed by atoms with van der Waals surface area (Å²) in [4.78, 5) is 15.9. The molecule has 112 valence electrons. The van der Waals surface area contributed by atoms with Gasteiger partial charge in [0.15, 0.2) is 5.13 Å². The van der Waals surface area contributed by atoms with Crippen molar-refractivity contribution in [2.75, 3.05) is 20.0 Å². The van der Waals surface area contributed by atoms with Gasteiger partial charge in [-0.05, 0) is 18.2 Å². The van der Waals surface area contributed by atoms with Crippen LogP contribution in [-0.2, 0) is 17.8 Å². The van der Waals surface area contributed by atoms with Gasteiger partial charge in [-0.1, -0.05) is 0 Å². The van der Waals surface area contributed by atoms with E-state index in [0.29, 0.717) is 28.9 Å². The smallest absolute Gasteiger partial charge is 0.226 e. The van der Waals surface area contributed by atoms with Crippen LogP contribution in [0.3, 0.4) is 0 Å². The number of hydrogen-bond donors (Lipinski definition) is 2. The maximum Gasteiger partial charge on any atom is 0.226 e. The Labute approximate surface area is 126 Å². The number of benzene rings is 1. The zero-order valence-corrected chi connectivity index (χ0v) is 12.7. The van der Waals surface area contributed by atoms with Crippen molar-refractivity contribution in [1.82, 2.24) is 10.3 Å². The molecule has 1 aromatic carbocycles. The number of nitrogens with one attached hydrogen (secondary N) is 1. The molecular weight excluding hydrogens is 290 g/mol. The van der Waals surface area contributed by atoms with Gasteiger partial charge in [-0.2, -0.15) is 0 Å². The molecule has 7 heteroatoms. The van der Waals surface area contributed by atoms with E-state index in [1.54, 1.807) is 25.7 Å². The number of carbonyl (C=O) groups is 1. The van der Waals surface area contributed by atoms with Crippen molar-refractivity contribution >= 4 is 22.4 Å². The van der Waals surface area contributed by atoms with Gasteiger partial charge in [-0.25, -0.2) is 4.98 Å². The highest BCUT2D eigenvalue weighted by atomic mass is 32.1. The van der Waals surface area contributed by atoms with Crippen LogP contribution in [0, 0.1) is 0 Å². The first-order valence-corrected chi connectivity index (χ1v) is 7.18. The quantitative estimate of drug-likeness (QED) is 0.846. The molecule has 0 unspecified atom stereocenters. The topological polar surface area (TPSA) is 86.5 Å². The summed E-state index contributed by atoms with van der Waals surface area (Å²) in [5.74, 6) is 1.30.